The van der Waals surface area contributed by atoms with Crippen LogP contribution in [0.5, 0.6) is 0 Å². The number of carbonyl (C=O) groups is 2. The monoisotopic (exact) mass is 478 g/mol. The minimum Gasteiger partial charge on any atom is -0.469 e. The number of para-hydroxylation sites is 1. The van der Waals surface area contributed by atoms with E-state index in [1.165, 1.54) is 0 Å². The number of urea groups is 1. The van der Waals surface area contributed by atoms with Crippen LogP contribution in [0, 0.1) is 6.92 Å². The number of fused-ring (bicyclic) bond motifs is 1. The molecule has 5 aromatic rings. The highest BCUT2D eigenvalue weighted by molar-refractivity contribution is 6.14. The molecule has 0 saturated carbocycles. The molecule has 0 aliphatic carbocycles. The number of rotatable bonds is 7. The highest BCUT2D eigenvalue weighted by Gasteiger charge is 2.22. The number of H-pyrrole nitrogens is 1. The second kappa shape index (κ2) is 10.2. The van der Waals surface area contributed by atoms with Crippen molar-refractivity contribution in [1.82, 2.24) is 10.3 Å². The zero-order valence-corrected chi connectivity index (χ0v) is 19.8. The van der Waals surface area contributed by atoms with Gasteiger partial charge in [0.05, 0.1) is 17.5 Å². The number of hydrogen-bond acceptors (Lipinski definition) is 3. The first-order chi connectivity index (χ1) is 17.6. The highest BCUT2D eigenvalue weighted by atomic mass is 16.3. The molecule has 4 N–H and O–H groups in total. The Labute approximate surface area is 208 Å². The number of carbonyl (C=O) groups excluding carboxylic acids is 2. The SMILES string of the molecule is Cc1cc(NC(=O)Nc2ccccc2)c2[nH]c(C(=O)NCCc3ccco3)c(-c3ccccc3)c2c1. The largest absolute Gasteiger partial charge is 0.469 e. The Morgan fingerprint density at radius 2 is 1.64 bits per heavy atom. The molecule has 0 radical (unpaired) electrons. The number of anilines is 2. The number of furan rings is 1. The molecule has 7 nitrogen and oxygen atoms in total. The number of aryl methyl sites for hydroxylation is 1. The van der Waals surface area contributed by atoms with Gasteiger partial charge in [-0.2, -0.15) is 0 Å². The molecule has 0 aliphatic heterocycles. The van der Waals surface area contributed by atoms with Crippen LogP contribution in [0.25, 0.3) is 22.0 Å². The van der Waals surface area contributed by atoms with Gasteiger partial charge in [0.2, 0.25) is 0 Å². The lowest BCUT2D eigenvalue weighted by molar-refractivity contribution is 0.0950. The van der Waals surface area contributed by atoms with E-state index in [9.17, 15) is 9.59 Å². The lowest BCUT2D eigenvalue weighted by Crippen LogP contribution is -2.26. The first-order valence-electron chi connectivity index (χ1n) is 11.7. The van der Waals surface area contributed by atoms with Gasteiger partial charge in [-0.15, -0.1) is 0 Å². The number of hydrogen-bond donors (Lipinski definition) is 4. The number of amides is 3. The molecule has 0 spiro atoms. The lowest BCUT2D eigenvalue weighted by atomic mass is 10.00. The quantitative estimate of drug-likeness (QED) is 0.219. The van der Waals surface area contributed by atoms with E-state index in [2.05, 4.69) is 20.9 Å². The molecule has 7 heteroatoms. The van der Waals surface area contributed by atoms with Crippen molar-refractivity contribution in [2.24, 2.45) is 0 Å². The summed E-state index contributed by atoms with van der Waals surface area (Å²) in [7, 11) is 0. The fourth-order valence-corrected chi connectivity index (χ4v) is 4.26. The summed E-state index contributed by atoms with van der Waals surface area (Å²) >= 11 is 0. The summed E-state index contributed by atoms with van der Waals surface area (Å²) in [6, 6.07) is 26.2. The number of benzene rings is 3. The van der Waals surface area contributed by atoms with Crippen LogP contribution < -0.4 is 16.0 Å². The fraction of sp³-hybridized carbons (Fsp3) is 0.103. The fourth-order valence-electron chi connectivity index (χ4n) is 4.26. The zero-order chi connectivity index (χ0) is 24.9. The Bertz CT molecular complexity index is 1490. The molecule has 3 amide bonds. The molecule has 0 bridgehead atoms. The number of aromatic amines is 1. The van der Waals surface area contributed by atoms with E-state index in [1.54, 1.807) is 6.26 Å². The molecule has 0 fully saturated rings. The highest BCUT2D eigenvalue weighted by Crippen LogP contribution is 2.36. The lowest BCUT2D eigenvalue weighted by Gasteiger charge is -2.10. The summed E-state index contributed by atoms with van der Waals surface area (Å²) in [6.45, 7) is 2.39. The maximum absolute atomic E-state index is 13.3. The van der Waals surface area contributed by atoms with Crippen molar-refractivity contribution in [2.75, 3.05) is 17.2 Å². The predicted octanol–water partition coefficient (Wildman–Crippen LogP) is 6.35. The Morgan fingerprint density at radius 1 is 0.889 bits per heavy atom. The van der Waals surface area contributed by atoms with Gasteiger partial charge < -0.3 is 25.4 Å². The molecule has 3 aromatic carbocycles. The van der Waals surface area contributed by atoms with Gasteiger partial charge in [0.15, 0.2) is 0 Å². The van der Waals surface area contributed by atoms with Gasteiger partial charge in [-0.1, -0.05) is 48.5 Å². The van der Waals surface area contributed by atoms with Crippen LogP contribution in [-0.2, 0) is 6.42 Å². The molecule has 0 unspecified atom stereocenters. The molecule has 0 saturated heterocycles. The third-order valence-corrected chi connectivity index (χ3v) is 5.86. The molecule has 0 aliphatic rings. The first-order valence-corrected chi connectivity index (χ1v) is 11.7. The molecule has 2 aromatic heterocycles. The predicted molar refractivity (Wildman–Crippen MR) is 142 cm³/mol. The van der Waals surface area contributed by atoms with Crippen molar-refractivity contribution >= 4 is 34.2 Å². The summed E-state index contributed by atoms with van der Waals surface area (Å²) in [5, 5.41) is 9.62. The zero-order valence-electron chi connectivity index (χ0n) is 19.8. The van der Waals surface area contributed by atoms with E-state index in [0.29, 0.717) is 35.6 Å². The Hall–Kier alpha value is -4.78. The van der Waals surface area contributed by atoms with Crippen molar-refractivity contribution in [3.63, 3.8) is 0 Å². The van der Waals surface area contributed by atoms with Crippen LogP contribution in [0.1, 0.15) is 21.8 Å². The van der Waals surface area contributed by atoms with E-state index >= 15 is 0 Å². The van der Waals surface area contributed by atoms with Gasteiger partial charge in [-0.05, 0) is 54.4 Å². The summed E-state index contributed by atoms with van der Waals surface area (Å²) in [4.78, 5) is 29.4. The average molecular weight is 479 g/mol. The van der Waals surface area contributed by atoms with E-state index in [1.807, 2.05) is 91.9 Å². The second-order valence-electron chi connectivity index (χ2n) is 8.51. The summed E-state index contributed by atoms with van der Waals surface area (Å²) in [6.07, 6.45) is 2.21. The third-order valence-electron chi connectivity index (χ3n) is 5.86. The Kier molecular flexibility index (Phi) is 6.53. The average Bonchev–Trinajstić information content (AvgIpc) is 3.53. The smallest absolute Gasteiger partial charge is 0.323 e. The minimum absolute atomic E-state index is 0.228. The minimum atomic E-state index is -0.367. The van der Waals surface area contributed by atoms with E-state index in [0.717, 1.165) is 27.8 Å². The van der Waals surface area contributed by atoms with Crippen LogP contribution in [0.3, 0.4) is 0 Å². The van der Waals surface area contributed by atoms with Gasteiger partial charge in [-0.3, -0.25) is 4.79 Å². The summed E-state index contributed by atoms with van der Waals surface area (Å²) < 4.78 is 5.37. The van der Waals surface area contributed by atoms with Crippen LogP contribution in [0.15, 0.2) is 95.6 Å². The van der Waals surface area contributed by atoms with Crippen molar-refractivity contribution in [3.8, 4) is 11.1 Å². The summed E-state index contributed by atoms with van der Waals surface area (Å²) in [5.41, 5.74) is 5.05. The van der Waals surface area contributed by atoms with Crippen LogP contribution in [-0.4, -0.2) is 23.5 Å². The summed E-state index contributed by atoms with van der Waals surface area (Å²) in [5.74, 6) is 0.579. The number of nitrogens with one attached hydrogen (secondary N) is 4. The van der Waals surface area contributed by atoms with Gasteiger partial charge in [0.25, 0.3) is 5.91 Å². The first kappa shape index (κ1) is 23.0. The Morgan fingerprint density at radius 3 is 2.36 bits per heavy atom. The number of aromatic nitrogens is 1. The molecule has 180 valence electrons. The van der Waals surface area contributed by atoms with Crippen LogP contribution in [0.2, 0.25) is 0 Å². The van der Waals surface area contributed by atoms with Crippen molar-refractivity contribution in [2.45, 2.75) is 13.3 Å². The Balaban J connectivity index is 1.50. The van der Waals surface area contributed by atoms with Gasteiger partial charge >= 0.3 is 6.03 Å². The van der Waals surface area contributed by atoms with Crippen molar-refractivity contribution < 1.29 is 14.0 Å². The van der Waals surface area contributed by atoms with Gasteiger partial charge in [-0.25, -0.2) is 4.79 Å². The molecular weight excluding hydrogens is 452 g/mol. The van der Waals surface area contributed by atoms with E-state index in [4.69, 9.17) is 4.42 Å². The van der Waals surface area contributed by atoms with Crippen LogP contribution >= 0.6 is 0 Å². The van der Waals surface area contributed by atoms with E-state index in [-0.39, 0.29) is 11.9 Å². The van der Waals surface area contributed by atoms with Gasteiger partial charge in [0.1, 0.15) is 11.5 Å². The molecule has 0 atom stereocenters. The normalized spacial score (nSPS) is 10.8. The van der Waals surface area contributed by atoms with Gasteiger partial charge in [0, 0.05) is 29.6 Å². The van der Waals surface area contributed by atoms with Crippen molar-refractivity contribution in [1.29, 1.82) is 0 Å². The maximum atomic E-state index is 13.3. The molecule has 5 rings (SSSR count). The van der Waals surface area contributed by atoms with Crippen LogP contribution in [0.4, 0.5) is 16.2 Å². The molecular formula is C29H26N4O3. The van der Waals surface area contributed by atoms with E-state index < -0.39 is 0 Å². The molecule has 36 heavy (non-hydrogen) atoms. The maximum Gasteiger partial charge on any atom is 0.323 e. The second-order valence-corrected chi connectivity index (χ2v) is 8.51. The van der Waals surface area contributed by atoms with Crippen molar-refractivity contribution in [3.05, 3.63) is 108 Å². The topological polar surface area (TPSA) is 99.2 Å². The standard InChI is InChI=1S/C29H26N4O3/c1-19-17-23-25(20-9-4-2-5-10-20)27(28(34)30-15-14-22-13-8-16-36-22)33-26(23)24(18-19)32-29(35)31-21-11-6-3-7-12-21/h2-13,16-18,33H,14-15H2,1H3,(H,30,34)(H2,31,32,35). The third kappa shape index (κ3) is 5.00. The molecule has 2 heterocycles.